The molecule has 5 rings (SSSR count). The molecule has 178 valence electrons. The Morgan fingerprint density at radius 3 is 2.62 bits per heavy atom. The van der Waals surface area contributed by atoms with Gasteiger partial charge in [-0.2, -0.15) is 0 Å². The second kappa shape index (κ2) is 9.35. The number of fused-ring (bicyclic) bond motifs is 1. The van der Waals surface area contributed by atoms with Crippen LogP contribution in [0.25, 0.3) is 0 Å². The van der Waals surface area contributed by atoms with Crippen molar-refractivity contribution < 1.29 is 14.3 Å². The maximum Gasteiger partial charge on any atom is 0.270 e. The fraction of sp³-hybridized carbons (Fsp3) is 0.385. The highest BCUT2D eigenvalue weighted by Gasteiger charge is 2.36. The number of hydrogen-bond donors (Lipinski definition) is 2. The van der Waals surface area contributed by atoms with Gasteiger partial charge in [-0.3, -0.25) is 19.4 Å². The second-order valence-corrected chi connectivity index (χ2v) is 10.5. The standard InChI is InChI=1S/C26H29N3O4S/c1-26(2)14-19(12-13-33-26)29-24-22(25(31)28-29)23(34-16-21(30)27-24)18-8-10-20(11-9-18)32-15-17-6-4-3-5-7-17/h3-11,19,23H,12-16H2,1-2H3,(H,27,30)(H,28,31)/t19-,23+/m1/s1. The Labute approximate surface area is 202 Å². The first kappa shape index (κ1) is 22.8. The normalized spacial score (nSPS) is 21.9. The number of carbonyl (C=O) groups excluding carboxylic acids is 1. The molecular weight excluding hydrogens is 450 g/mol. The van der Waals surface area contributed by atoms with Gasteiger partial charge in [0.2, 0.25) is 5.91 Å². The molecule has 34 heavy (non-hydrogen) atoms. The monoisotopic (exact) mass is 479 g/mol. The summed E-state index contributed by atoms with van der Waals surface area (Å²) in [7, 11) is 0. The van der Waals surface area contributed by atoms with Crippen molar-refractivity contribution in [3.63, 3.8) is 0 Å². The molecule has 1 fully saturated rings. The topological polar surface area (TPSA) is 85.4 Å². The zero-order valence-electron chi connectivity index (χ0n) is 19.4. The van der Waals surface area contributed by atoms with E-state index in [0.29, 0.717) is 24.6 Å². The van der Waals surface area contributed by atoms with Crippen LogP contribution in [-0.2, 0) is 16.1 Å². The Morgan fingerprint density at radius 1 is 1.12 bits per heavy atom. The Hall–Kier alpha value is -2.97. The number of ether oxygens (including phenoxy) is 2. The number of amides is 1. The summed E-state index contributed by atoms with van der Waals surface area (Å²) in [6.45, 7) is 5.21. The predicted octanol–water partition coefficient (Wildman–Crippen LogP) is 4.66. The SMILES string of the molecule is CC1(C)C[C@H](n2[nH]c(=O)c3c2NC(=O)CS[C@H]3c2ccc(OCc3ccccc3)cc2)CCO1. The Bertz CT molecular complexity index is 1220. The van der Waals surface area contributed by atoms with E-state index in [2.05, 4.69) is 24.3 Å². The number of aromatic amines is 1. The van der Waals surface area contributed by atoms with Crippen molar-refractivity contribution in [2.75, 3.05) is 17.7 Å². The number of aromatic nitrogens is 2. The summed E-state index contributed by atoms with van der Waals surface area (Å²) in [5.74, 6) is 1.52. The number of anilines is 1. The van der Waals surface area contributed by atoms with Crippen LogP contribution in [0.15, 0.2) is 59.4 Å². The molecule has 7 nitrogen and oxygen atoms in total. The fourth-order valence-corrected chi connectivity index (χ4v) is 5.81. The molecule has 1 amide bonds. The molecular formula is C26H29N3O4S. The van der Waals surface area contributed by atoms with Crippen LogP contribution < -0.4 is 15.6 Å². The van der Waals surface area contributed by atoms with E-state index in [9.17, 15) is 9.59 Å². The lowest BCUT2D eigenvalue weighted by Gasteiger charge is -2.36. The molecule has 2 aromatic carbocycles. The minimum absolute atomic E-state index is 0.0537. The van der Waals surface area contributed by atoms with Crippen molar-refractivity contribution >= 4 is 23.5 Å². The van der Waals surface area contributed by atoms with E-state index in [0.717, 1.165) is 29.7 Å². The lowest BCUT2D eigenvalue weighted by Crippen LogP contribution is -2.36. The molecule has 2 aliphatic rings. The number of hydrogen-bond acceptors (Lipinski definition) is 5. The summed E-state index contributed by atoms with van der Waals surface area (Å²) in [6, 6.07) is 17.9. The largest absolute Gasteiger partial charge is 0.489 e. The van der Waals surface area contributed by atoms with E-state index in [1.165, 1.54) is 11.8 Å². The van der Waals surface area contributed by atoms with Crippen molar-refractivity contribution in [3.8, 4) is 5.75 Å². The van der Waals surface area contributed by atoms with Crippen molar-refractivity contribution in [1.82, 2.24) is 9.78 Å². The number of H-pyrrole nitrogens is 1. The predicted molar refractivity (Wildman–Crippen MR) is 134 cm³/mol. The summed E-state index contributed by atoms with van der Waals surface area (Å²) >= 11 is 1.47. The third-order valence-electron chi connectivity index (χ3n) is 6.33. The molecule has 0 saturated carbocycles. The lowest BCUT2D eigenvalue weighted by molar-refractivity contribution is -0.113. The van der Waals surface area contributed by atoms with Crippen LogP contribution in [0.4, 0.5) is 5.82 Å². The number of benzene rings is 2. The molecule has 1 saturated heterocycles. The second-order valence-electron chi connectivity index (χ2n) is 9.41. The summed E-state index contributed by atoms with van der Waals surface area (Å²) in [5, 5.41) is 5.75. The van der Waals surface area contributed by atoms with E-state index >= 15 is 0 Å². The van der Waals surface area contributed by atoms with Gasteiger partial charge in [0.15, 0.2) is 0 Å². The Kier molecular flexibility index (Phi) is 6.27. The van der Waals surface area contributed by atoms with Gasteiger partial charge in [0.25, 0.3) is 5.56 Å². The quantitative estimate of drug-likeness (QED) is 0.556. The molecule has 0 radical (unpaired) electrons. The van der Waals surface area contributed by atoms with Gasteiger partial charge < -0.3 is 14.8 Å². The first-order valence-corrected chi connectivity index (χ1v) is 12.6. The van der Waals surface area contributed by atoms with Crippen LogP contribution in [0.3, 0.4) is 0 Å². The summed E-state index contributed by atoms with van der Waals surface area (Å²) in [5.41, 5.74) is 2.21. The van der Waals surface area contributed by atoms with Crippen LogP contribution in [0.5, 0.6) is 5.75 Å². The zero-order chi connectivity index (χ0) is 23.7. The molecule has 0 unspecified atom stereocenters. The van der Waals surface area contributed by atoms with Crippen molar-refractivity contribution in [2.45, 2.75) is 50.2 Å². The molecule has 1 aromatic heterocycles. The molecule has 2 atom stereocenters. The summed E-state index contributed by atoms with van der Waals surface area (Å²) in [6.07, 6.45) is 1.53. The minimum atomic E-state index is -0.282. The number of thioether (sulfide) groups is 1. The van der Waals surface area contributed by atoms with Crippen LogP contribution in [-0.4, -0.2) is 33.6 Å². The van der Waals surface area contributed by atoms with Gasteiger partial charge in [-0.05, 0) is 49.9 Å². The highest BCUT2D eigenvalue weighted by Crippen LogP contribution is 2.42. The smallest absolute Gasteiger partial charge is 0.270 e. The van der Waals surface area contributed by atoms with Gasteiger partial charge in [-0.15, -0.1) is 11.8 Å². The average molecular weight is 480 g/mol. The maximum atomic E-state index is 13.2. The number of rotatable bonds is 5. The summed E-state index contributed by atoms with van der Waals surface area (Å²) in [4.78, 5) is 25.7. The highest BCUT2D eigenvalue weighted by molar-refractivity contribution is 8.00. The van der Waals surface area contributed by atoms with Crippen LogP contribution >= 0.6 is 11.8 Å². The van der Waals surface area contributed by atoms with E-state index in [1.54, 1.807) is 0 Å². The van der Waals surface area contributed by atoms with E-state index < -0.39 is 0 Å². The van der Waals surface area contributed by atoms with Crippen LogP contribution in [0.1, 0.15) is 54.7 Å². The average Bonchev–Trinajstić information content (AvgIpc) is 3.03. The first-order valence-electron chi connectivity index (χ1n) is 11.6. The number of carbonyl (C=O) groups is 1. The van der Waals surface area contributed by atoms with Gasteiger partial charge >= 0.3 is 0 Å². The van der Waals surface area contributed by atoms with Gasteiger partial charge in [-0.1, -0.05) is 42.5 Å². The van der Waals surface area contributed by atoms with Crippen molar-refractivity contribution in [3.05, 3.63) is 81.6 Å². The van der Waals surface area contributed by atoms with Gasteiger partial charge in [0.05, 0.1) is 28.2 Å². The van der Waals surface area contributed by atoms with Gasteiger partial charge in [-0.25, -0.2) is 0 Å². The van der Waals surface area contributed by atoms with Gasteiger partial charge in [0.1, 0.15) is 18.2 Å². The molecule has 2 aliphatic heterocycles. The molecule has 2 N–H and O–H groups in total. The maximum absolute atomic E-state index is 13.2. The third kappa shape index (κ3) is 4.79. The fourth-order valence-electron chi connectivity index (χ4n) is 4.68. The molecule has 0 aliphatic carbocycles. The molecule has 8 heteroatoms. The van der Waals surface area contributed by atoms with Crippen LogP contribution in [0.2, 0.25) is 0 Å². The first-order chi connectivity index (χ1) is 16.4. The minimum Gasteiger partial charge on any atom is -0.489 e. The number of nitrogens with zero attached hydrogens (tertiary/aromatic N) is 1. The Balaban J connectivity index is 1.42. The highest BCUT2D eigenvalue weighted by atomic mass is 32.2. The number of nitrogens with one attached hydrogen (secondary N) is 2. The molecule has 0 bridgehead atoms. The van der Waals surface area contributed by atoms with E-state index in [-0.39, 0.29) is 34.1 Å². The molecule has 3 aromatic rings. The molecule has 0 spiro atoms. The summed E-state index contributed by atoms with van der Waals surface area (Å²) < 4.78 is 13.6. The van der Waals surface area contributed by atoms with Crippen molar-refractivity contribution in [2.24, 2.45) is 0 Å². The Morgan fingerprint density at radius 2 is 1.88 bits per heavy atom. The van der Waals surface area contributed by atoms with E-state index in [1.807, 2.05) is 59.3 Å². The van der Waals surface area contributed by atoms with Crippen LogP contribution in [0, 0.1) is 0 Å². The van der Waals surface area contributed by atoms with Crippen molar-refractivity contribution in [1.29, 1.82) is 0 Å². The van der Waals surface area contributed by atoms with E-state index in [4.69, 9.17) is 9.47 Å². The lowest BCUT2D eigenvalue weighted by atomic mass is 9.94. The van der Waals surface area contributed by atoms with Gasteiger partial charge in [0, 0.05) is 6.61 Å². The molecule has 3 heterocycles. The third-order valence-corrected chi connectivity index (χ3v) is 7.60. The zero-order valence-corrected chi connectivity index (χ0v) is 20.2.